The molecule has 0 spiro atoms. The lowest BCUT2D eigenvalue weighted by molar-refractivity contribution is -0.139. The number of piperidine rings is 2. The van der Waals surface area contributed by atoms with Gasteiger partial charge in [-0.2, -0.15) is 18.2 Å². The van der Waals surface area contributed by atoms with E-state index >= 15 is 0 Å². The second-order valence-corrected chi connectivity index (χ2v) is 11.9. The molecule has 44 heavy (non-hydrogen) atoms. The van der Waals surface area contributed by atoms with Crippen molar-refractivity contribution in [3.05, 3.63) is 54.2 Å². The molecule has 1 aromatic carbocycles. The van der Waals surface area contributed by atoms with Crippen molar-refractivity contribution in [3.8, 4) is 11.5 Å². The van der Waals surface area contributed by atoms with Gasteiger partial charge in [0, 0.05) is 42.6 Å². The largest absolute Gasteiger partial charge is 0.406 e. The standard InChI is InChI=1S/C30H36F4N8O2/c1-39-10-7-20(8-11-39)41-13-6-19(16-41)29(43)35-15-27-37-28(38-44-27)26-14-21-23(36-24-9-12-40(2)17-22(24)31)4-3-5-25(21)42(26)18-30(32,33)34/h3-6,13-14,16,20,22,24,36H,7-12,15,17-18H2,1-2H3,(H,35,43)/t22-,24+/m0/s1. The average molecular weight is 617 g/mol. The minimum atomic E-state index is -4.52. The van der Waals surface area contributed by atoms with Gasteiger partial charge in [0.2, 0.25) is 11.7 Å². The zero-order valence-electron chi connectivity index (χ0n) is 24.6. The first-order valence-corrected chi connectivity index (χ1v) is 14.8. The molecule has 236 valence electrons. The van der Waals surface area contributed by atoms with Gasteiger partial charge in [0.1, 0.15) is 12.7 Å². The Morgan fingerprint density at radius 3 is 2.61 bits per heavy atom. The number of amides is 1. The van der Waals surface area contributed by atoms with Crippen LogP contribution in [0.3, 0.4) is 0 Å². The van der Waals surface area contributed by atoms with Gasteiger partial charge in [0.25, 0.3) is 5.91 Å². The maximum atomic E-state index is 14.8. The van der Waals surface area contributed by atoms with Crippen LogP contribution >= 0.6 is 0 Å². The molecule has 1 amide bonds. The van der Waals surface area contributed by atoms with Crippen LogP contribution in [0.5, 0.6) is 0 Å². The second kappa shape index (κ2) is 12.2. The zero-order chi connectivity index (χ0) is 31.0. The Labute approximate surface area is 252 Å². The van der Waals surface area contributed by atoms with Crippen LogP contribution in [0.2, 0.25) is 0 Å². The quantitative estimate of drug-likeness (QED) is 0.277. The SMILES string of the molecule is CN1CCC(n2ccc(C(=O)NCc3nc(-c4cc5c(N[C@@H]6CCN(C)C[C@@H]6F)cccc5n4CC(F)(F)F)no3)c2)CC1. The van der Waals surface area contributed by atoms with Crippen molar-refractivity contribution in [1.82, 2.24) is 34.4 Å². The first-order chi connectivity index (χ1) is 21.0. The van der Waals surface area contributed by atoms with E-state index in [4.69, 9.17) is 4.52 Å². The Balaban J connectivity index is 1.20. The summed E-state index contributed by atoms with van der Waals surface area (Å²) in [6.07, 6.45) is 0.659. The number of carbonyl (C=O) groups is 1. The summed E-state index contributed by atoms with van der Waals surface area (Å²) in [6, 6.07) is 8.14. The highest BCUT2D eigenvalue weighted by Gasteiger charge is 2.32. The molecular formula is C30H36F4N8O2. The zero-order valence-corrected chi connectivity index (χ0v) is 24.6. The van der Waals surface area contributed by atoms with Gasteiger partial charge < -0.3 is 34.1 Å². The van der Waals surface area contributed by atoms with Crippen molar-refractivity contribution >= 4 is 22.5 Å². The van der Waals surface area contributed by atoms with Crippen LogP contribution in [-0.2, 0) is 13.1 Å². The Bertz CT molecular complexity index is 1600. The van der Waals surface area contributed by atoms with Gasteiger partial charge in [-0.1, -0.05) is 11.2 Å². The summed E-state index contributed by atoms with van der Waals surface area (Å²) in [4.78, 5) is 21.3. The molecule has 0 unspecified atom stereocenters. The number of carbonyl (C=O) groups excluding carboxylic acids is 1. The van der Waals surface area contributed by atoms with Gasteiger partial charge in [0.15, 0.2) is 0 Å². The normalized spacial score (nSPS) is 20.8. The summed E-state index contributed by atoms with van der Waals surface area (Å²) in [6.45, 7) is 1.62. The molecule has 0 bridgehead atoms. The molecule has 14 heteroatoms. The number of hydrogen-bond acceptors (Lipinski definition) is 7. The number of nitrogens with one attached hydrogen (secondary N) is 2. The molecule has 2 saturated heterocycles. The van der Waals surface area contributed by atoms with Crippen molar-refractivity contribution in [3.63, 3.8) is 0 Å². The topological polar surface area (TPSA) is 96.4 Å². The Morgan fingerprint density at radius 1 is 1.09 bits per heavy atom. The fraction of sp³-hybridized carbons (Fsp3) is 0.500. The third kappa shape index (κ3) is 6.60. The minimum Gasteiger partial charge on any atom is -0.379 e. The number of aromatic nitrogens is 4. The summed E-state index contributed by atoms with van der Waals surface area (Å²) in [5, 5.41) is 10.4. The van der Waals surface area contributed by atoms with Crippen molar-refractivity contribution < 1.29 is 26.9 Å². The van der Waals surface area contributed by atoms with Gasteiger partial charge in [-0.05, 0) is 70.7 Å². The molecule has 3 aromatic heterocycles. The van der Waals surface area contributed by atoms with Gasteiger partial charge in [-0.25, -0.2) is 4.39 Å². The number of halogens is 4. The van der Waals surface area contributed by atoms with E-state index in [0.29, 0.717) is 41.2 Å². The van der Waals surface area contributed by atoms with Crippen LogP contribution in [0.4, 0.5) is 23.2 Å². The van der Waals surface area contributed by atoms with E-state index in [1.165, 1.54) is 0 Å². The Morgan fingerprint density at radius 2 is 1.86 bits per heavy atom. The minimum absolute atomic E-state index is 0.0447. The molecule has 2 aliphatic rings. The molecule has 2 fully saturated rings. The van der Waals surface area contributed by atoms with Gasteiger partial charge in [-0.3, -0.25) is 4.79 Å². The molecule has 0 radical (unpaired) electrons. The second-order valence-electron chi connectivity index (χ2n) is 11.9. The number of alkyl halides is 4. The van der Waals surface area contributed by atoms with E-state index in [1.54, 1.807) is 30.3 Å². The van der Waals surface area contributed by atoms with Gasteiger partial charge in [-0.15, -0.1) is 0 Å². The lowest BCUT2D eigenvalue weighted by atomic mass is 10.0. The number of hydrogen-bond donors (Lipinski definition) is 2. The van der Waals surface area contributed by atoms with Crippen LogP contribution in [-0.4, -0.2) is 93.6 Å². The van der Waals surface area contributed by atoms with Crippen LogP contribution in [0.1, 0.15) is 41.6 Å². The lowest BCUT2D eigenvalue weighted by Crippen LogP contribution is -2.46. The van der Waals surface area contributed by atoms with E-state index in [-0.39, 0.29) is 36.4 Å². The van der Waals surface area contributed by atoms with Crippen molar-refractivity contribution in [2.24, 2.45) is 0 Å². The molecule has 0 aliphatic carbocycles. The lowest BCUT2D eigenvalue weighted by Gasteiger charge is -2.33. The Kier molecular flexibility index (Phi) is 8.38. The van der Waals surface area contributed by atoms with Crippen LogP contribution in [0.15, 0.2) is 47.2 Å². The smallest absolute Gasteiger partial charge is 0.379 e. The number of nitrogens with zero attached hydrogens (tertiary/aromatic N) is 6. The number of likely N-dealkylation sites (tertiary alicyclic amines) is 2. The third-order valence-electron chi connectivity index (χ3n) is 8.55. The summed E-state index contributed by atoms with van der Waals surface area (Å²) in [5.74, 6) is -0.313. The monoisotopic (exact) mass is 616 g/mol. The molecule has 6 rings (SSSR count). The van der Waals surface area contributed by atoms with E-state index in [9.17, 15) is 22.4 Å². The number of rotatable bonds is 8. The van der Waals surface area contributed by atoms with Crippen LogP contribution < -0.4 is 10.6 Å². The summed E-state index contributed by atoms with van der Waals surface area (Å²) in [7, 11) is 3.95. The molecule has 2 N–H and O–H groups in total. The van der Waals surface area contributed by atoms with E-state index in [2.05, 4.69) is 37.3 Å². The number of anilines is 1. The highest BCUT2D eigenvalue weighted by Crippen LogP contribution is 2.35. The predicted octanol–water partition coefficient (Wildman–Crippen LogP) is 4.71. The molecule has 2 atom stereocenters. The molecule has 10 nitrogen and oxygen atoms in total. The number of benzene rings is 1. The van der Waals surface area contributed by atoms with Crippen LogP contribution in [0.25, 0.3) is 22.4 Å². The first kappa shape index (κ1) is 30.1. The maximum Gasteiger partial charge on any atom is 0.406 e. The van der Waals surface area contributed by atoms with Crippen molar-refractivity contribution in [2.75, 3.05) is 45.6 Å². The fourth-order valence-corrected chi connectivity index (χ4v) is 6.12. The molecule has 2 aliphatic heterocycles. The molecular weight excluding hydrogens is 580 g/mol. The van der Waals surface area contributed by atoms with Crippen molar-refractivity contribution in [2.45, 2.75) is 56.8 Å². The summed E-state index contributed by atoms with van der Waals surface area (Å²) >= 11 is 0. The average Bonchev–Trinajstić information content (AvgIpc) is 3.73. The highest BCUT2D eigenvalue weighted by molar-refractivity contribution is 5.96. The fourth-order valence-electron chi connectivity index (χ4n) is 6.12. The maximum absolute atomic E-state index is 14.8. The van der Waals surface area contributed by atoms with Gasteiger partial charge in [0.05, 0.1) is 29.4 Å². The number of fused-ring (bicyclic) bond motifs is 1. The molecule has 4 aromatic rings. The molecule has 0 saturated carbocycles. The van der Waals surface area contributed by atoms with Crippen LogP contribution in [0, 0.1) is 0 Å². The third-order valence-corrected chi connectivity index (χ3v) is 8.55. The van der Waals surface area contributed by atoms with E-state index in [1.807, 2.05) is 24.3 Å². The summed E-state index contributed by atoms with van der Waals surface area (Å²) in [5.41, 5.74) is 1.43. The van der Waals surface area contributed by atoms with E-state index < -0.39 is 24.9 Å². The van der Waals surface area contributed by atoms with Crippen molar-refractivity contribution in [1.29, 1.82) is 0 Å². The van der Waals surface area contributed by atoms with E-state index in [0.717, 1.165) is 30.5 Å². The summed E-state index contributed by atoms with van der Waals surface area (Å²) < 4.78 is 64.4. The highest BCUT2D eigenvalue weighted by atomic mass is 19.4. The molecule has 5 heterocycles. The Hall–Kier alpha value is -3.91. The van der Waals surface area contributed by atoms with Gasteiger partial charge >= 0.3 is 6.18 Å². The first-order valence-electron chi connectivity index (χ1n) is 14.8. The predicted molar refractivity (Wildman–Crippen MR) is 157 cm³/mol.